The number of thioether (sulfide) groups is 1. The normalized spacial score (nSPS) is 12.3. The third-order valence-electron chi connectivity index (χ3n) is 3.09. The molecule has 0 bridgehead atoms. The fraction of sp³-hybridized carbons (Fsp3) is 0.0667. The van der Waals surface area contributed by atoms with Gasteiger partial charge < -0.3 is 4.57 Å². The Bertz CT molecular complexity index is 824. The maximum Gasteiger partial charge on any atom is 0.120 e. The summed E-state index contributed by atoms with van der Waals surface area (Å²) in [5.74, 6) is 0. The molecule has 23 heavy (non-hydrogen) atoms. The van der Waals surface area contributed by atoms with Crippen LogP contribution in [0.3, 0.4) is 0 Å². The first kappa shape index (κ1) is 16.9. The molecular formula is C15H9Cl4N3S. The van der Waals surface area contributed by atoms with Crippen LogP contribution in [0.25, 0.3) is 0 Å². The van der Waals surface area contributed by atoms with Crippen LogP contribution in [0.5, 0.6) is 0 Å². The fourth-order valence-electron chi connectivity index (χ4n) is 2.01. The molecule has 1 heterocycles. The number of hydrogen-bond acceptors (Lipinski definition) is 3. The minimum Gasteiger partial charge on any atom is -0.303 e. The van der Waals surface area contributed by atoms with Gasteiger partial charge in [-0.2, -0.15) is 0 Å². The van der Waals surface area contributed by atoms with Crippen LogP contribution in [0, 0.1) is 0 Å². The molecule has 0 spiro atoms. The maximum absolute atomic E-state index is 6.36. The van der Waals surface area contributed by atoms with Gasteiger partial charge in [0.25, 0.3) is 0 Å². The predicted molar refractivity (Wildman–Crippen MR) is 96.9 cm³/mol. The first-order chi connectivity index (χ1) is 11.1. The molecule has 8 heteroatoms. The SMILES string of the molecule is Clc1ccc(Cl)c(C(Sc2cccc(Cl)c2Cl)n2cnnc2)c1. The van der Waals surface area contributed by atoms with Crippen molar-refractivity contribution in [2.75, 3.05) is 0 Å². The second-order valence-corrected chi connectivity index (χ2v) is 7.35. The average Bonchev–Trinajstić information content (AvgIpc) is 3.05. The van der Waals surface area contributed by atoms with Crippen LogP contribution in [0.4, 0.5) is 0 Å². The largest absolute Gasteiger partial charge is 0.303 e. The fourth-order valence-corrected chi connectivity index (χ4v) is 4.13. The molecule has 1 atom stereocenters. The summed E-state index contributed by atoms with van der Waals surface area (Å²) in [4.78, 5) is 0.828. The first-order valence-electron chi connectivity index (χ1n) is 6.46. The third-order valence-corrected chi connectivity index (χ3v) is 5.91. The van der Waals surface area contributed by atoms with Gasteiger partial charge in [0.2, 0.25) is 0 Å². The monoisotopic (exact) mass is 403 g/mol. The number of hydrogen-bond donors (Lipinski definition) is 0. The van der Waals surface area contributed by atoms with Crippen molar-refractivity contribution < 1.29 is 0 Å². The van der Waals surface area contributed by atoms with Crippen molar-refractivity contribution in [1.29, 1.82) is 0 Å². The smallest absolute Gasteiger partial charge is 0.120 e. The molecule has 0 N–H and O–H groups in total. The molecule has 0 saturated heterocycles. The Kier molecular flexibility index (Phi) is 5.39. The molecule has 1 aromatic heterocycles. The van der Waals surface area contributed by atoms with Crippen LogP contribution in [-0.4, -0.2) is 14.8 Å². The van der Waals surface area contributed by atoms with Gasteiger partial charge in [-0.25, -0.2) is 0 Å². The minimum absolute atomic E-state index is 0.229. The van der Waals surface area contributed by atoms with Crippen molar-refractivity contribution in [3.8, 4) is 0 Å². The van der Waals surface area contributed by atoms with Crippen LogP contribution in [0.2, 0.25) is 20.1 Å². The zero-order valence-electron chi connectivity index (χ0n) is 11.5. The Balaban J connectivity index is 2.07. The number of nitrogens with zero attached hydrogens (tertiary/aromatic N) is 3. The van der Waals surface area contributed by atoms with Gasteiger partial charge in [0.15, 0.2) is 0 Å². The molecule has 3 aromatic rings. The molecule has 0 saturated carbocycles. The summed E-state index contributed by atoms with van der Waals surface area (Å²) in [5, 5.41) is 9.69. The second kappa shape index (κ2) is 7.32. The zero-order chi connectivity index (χ0) is 16.4. The summed E-state index contributed by atoms with van der Waals surface area (Å²) in [5.41, 5.74) is 0.833. The molecule has 2 aromatic carbocycles. The van der Waals surface area contributed by atoms with Crippen LogP contribution < -0.4 is 0 Å². The highest BCUT2D eigenvalue weighted by atomic mass is 35.5. The number of aromatic nitrogens is 3. The summed E-state index contributed by atoms with van der Waals surface area (Å²) >= 11 is 26.4. The van der Waals surface area contributed by atoms with Crippen molar-refractivity contribution >= 4 is 58.2 Å². The van der Waals surface area contributed by atoms with Gasteiger partial charge in [-0.3, -0.25) is 0 Å². The molecule has 0 aliphatic carbocycles. The summed E-state index contributed by atoms with van der Waals surface area (Å²) in [7, 11) is 0. The van der Waals surface area contributed by atoms with E-state index in [-0.39, 0.29) is 5.37 Å². The lowest BCUT2D eigenvalue weighted by Gasteiger charge is -2.20. The third kappa shape index (κ3) is 3.78. The molecule has 3 nitrogen and oxygen atoms in total. The highest BCUT2D eigenvalue weighted by Crippen LogP contribution is 2.44. The van der Waals surface area contributed by atoms with Crippen molar-refractivity contribution in [2.45, 2.75) is 10.3 Å². The molecule has 0 amide bonds. The predicted octanol–water partition coefficient (Wildman–Crippen LogP) is 6.23. The maximum atomic E-state index is 6.36. The van der Waals surface area contributed by atoms with E-state index in [0.717, 1.165) is 10.5 Å². The minimum atomic E-state index is -0.229. The zero-order valence-corrected chi connectivity index (χ0v) is 15.3. The average molecular weight is 405 g/mol. The molecular weight excluding hydrogens is 396 g/mol. The number of halogens is 4. The van der Waals surface area contributed by atoms with Gasteiger partial charge in [-0.15, -0.1) is 10.2 Å². The molecule has 0 radical (unpaired) electrons. The van der Waals surface area contributed by atoms with Gasteiger partial charge in [-0.05, 0) is 30.3 Å². The van der Waals surface area contributed by atoms with E-state index in [0.29, 0.717) is 20.1 Å². The molecule has 1 unspecified atom stereocenters. The van der Waals surface area contributed by atoms with E-state index in [1.54, 1.807) is 30.9 Å². The lowest BCUT2D eigenvalue weighted by Crippen LogP contribution is -2.06. The van der Waals surface area contributed by atoms with Crippen LogP contribution >= 0.6 is 58.2 Å². The van der Waals surface area contributed by atoms with E-state index in [4.69, 9.17) is 46.4 Å². The van der Waals surface area contributed by atoms with E-state index in [9.17, 15) is 0 Å². The highest BCUT2D eigenvalue weighted by molar-refractivity contribution is 7.99. The van der Waals surface area contributed by atoms with Crippen LogP contribution in [0.1, 0.15) is 10.9 Å². The molecule has 118 valence electrons. The van der Waals surface area contributed by atoms with E-state index in [1.807, 2.05) is 22.8 Å². The van der Waals surface area contributed by atoms with E-state index >= 15 is 0 Å². The van der Waals surface area contributed by atoms with E-state index in [1.165, 1.54) is 11.8 Å². The standard InChI is InChI=1S/C15H9Cl4N3S/c16-9-4-5-11(17)10(6-9)15(22-7-20-21-8-22)23-13-3-1-2-12(18)14(13)19/h1-8,15H. The van der Waals surface area contributed by atoms with Crippen LogP contribution in [-0.2, 0) is 0 Å². The quantitative estimate of drug-likeness (QED) is 0.482. The van der Waals surface area contributed by atoms with Crippen molar-refractivity contribution in [2.24, 2.45) is 0 Å². The van der Waals surface area contributed by atoms with Crippen molar-refractivity contribution in [3.05, 3.63) is 74.7 Å². The Morgan fingerprint density at radius 1 is 0.913 bits per heavy atom. The second-order valence-electron chi connectivity index (χ2n) is 4.60. The summed E-state index contributed by atoms with van der Waals surface area (Å²) < 4.78 is 1.83. The van der Waals surface area contributed by atoms with Crippen LogP contribution in [0.15, 0.2) is 53.9 Å². The highest BCUT2D eigenvalue weighted by Gasteiger charge is 2.20. The van der Waals surface area contributed by atoms with Crippen molar-refractivity contribution in [1.82, 2.24) is 14.8 Å². The van der Waals surface area contributed by atoms with E-state index in [2.05, 4.69) is 10.2 Å². The van der Waals surface area contributed by atoms with Crippen molar-refractivity contribution in [3.63, 3.8) is 0 Å². The van der Waals surface area contributed by atoms with Gasteiger partial charge in [0.05, 0.1) is 10.0 Å². The Labute approximate surface area is 157 Å². The molecule has 3 rings (SSSR count). The lowest BCUT2D eigenvalue weighted by molar-refractivity contribution is 0.772. The summed E-state index contributed by atoms with van der Waals surface area (Å²) in [6, 6.07) is 10.8. The Morgan fingerprint density at radius 3 is 2.39 bits per heavy atom. The van der Waals surface area contributed by atoms with Gasteiger partial charge in [-0.1, -0.05) is 64.2 Å². The number of rotatable bonds is 4. The van der Waals surface area contributed by atoms with Gasteiger partial charge >= 0.3 is 0 Å². The summed E-state index contributed by atoms with van der Waals surface area (Å²) in [6.45, 7) is 0. The topological polar surface area (TPSA) is 30.7 Å². The summed E-state index contributed by atoms with van der Waals surface area (Å²) in [6.07, 6.45) is 3.24. The molecule has 0 aliphatic rings. The first-order valence-corrected chi connectivity index (χ1v) is 8.85. The van der Waals surface area contributed by atoms with Gasteiger partial charge in [0, 0.05) is 20.5 Å². The Hall–Kier alpha value is -0.910. The Morgan fingerprint density at radius 2 is 1.65 bits per heavy atom. The number of benzene rings is 2. The van der Waals surface area contributed by atoms with E-state index < -0.39 is 0 Å². The molecule has 0 fully saturated rings. The van der Waals surface area contributed by atoms with Gasteiger partial charge in [0.1, 0.15) is 18.0 Å². The lowest BCUT2D eigenvalue weighted by atomic mass is 10.2. The molecule has 0 aliphatic heterocycles.